The van der Waals surface area contributed by atoms with E-state index in [4.69, 9.17) is 32.9 Å². The van der Waals surface area contributed by atoms with Crippen molar-refractivity contribution in [3.63, 3.8) is 0 Å². The predicted molar refractivity (Wildman–Crippen MR) is 303 cm³/mol. The van der Waals surface area contributed by atoms with E-state index in [1.807, 2.05) is 49.4 Å². The molecule has 2 saturated heterocycles. The van der Waals surface area contributed by atoms with Gasteiger partial charge < -0.3 is 30.6 Å². The zero-order valence-electron chi connectivity index (χ0n) is 41.6. The van der Waals surface area contributed by atoms with Gasteiger partial charge in [0, 0.05) is 72.8 Å². The van der Waals surface area contributed by atoms with Crippen LogP contribution in [0.4, 0.5) is 13.2 Å². The number of ether oxygens (including phenoxy) is 1. The molecular weight excluding hydrogens is 1120 g/mol. The molecule has 5 N–H and O–H groups in total. The monoisotopic (exact) mass is 1170 g/mol. The number of nitrogens with zero attached hydrogens (tertiary/aromatic N) is 1. The Kier molecular flexibility index (Phi) is 17.5. The highest BCUT2D eigenvalue weighted by Gasteiger charge is 2.46. The average molecular weight is 1180 g/mol. The van der Waals surface area contributed by atoms with Gasteiger partial charge in [-0.3, -0.25) is 4.79 Å². The zero-order valence-corrected chi connectivity index (χ0v) is 46.5. The first-order valence-electron chi connectivity index (χ1n) is 24.3. The van der Waals surface area contributed by atoms with E-state index < -0.39 is 44.5 Å². The van der Waals surface area contributed by atoms with Crippen molar-refractivity contribution in [3.8, 4) is 5.88 Å². The molecule has 8 aromatic rings. The fraction of sp³-hybridized carbons (Fsp3) is 0.276. The lowest BCUT2D eigenvalue weighted by molar-refractivity contribution is -0.0197. The van der Waals surface area contributed by atoms with Crippen LogP contribution >= 0.6 is 52.6 Å². The topological polar surface area (TPSA) is 154 Å². The highest BCUT2D eigenvalue weighted by Crippen LogP contribution is 2.47. The number of fused-ring (bicyclic) bond motifs is 2. The minimum Gasteiger partial charge on any atom is -0.481 e. The number of aryl methyl sites for hydroxylation is 1. The van der Waals surface area contributed by atoms with Gasteiger partial charge in [0.25, 0.3) is 5.56 Å². The van der Waals surface area contributed by atoms with E-state index in [2.05, 4.69) is 31.5 Å². The van der Waals surface area contributed by atoms with Crippen LogP contribution in [0.5, 0.6) is 5.88 Å². The summed E-state index contributed by atoms with van der Waals surface area (Å²) in [4.78, 5) is 21.2. The van der Waals surface area contributed by atoms with E-state index in [0.717, 1.165) is 50.0 Å². The molecule has 76 heavy (non-hydrogen) atoms. The SMILES string of the molecule is COc1nc2ccc(Br)cc2cc1C(c1ccc(Cl)cc1)C1(O)CCNC(Cc2ccc(F)cc2F)C1.Cc1cc(F)ccc1C1CC(O)(C(c2cccc(Cl)c2)c2cc3cc(S(C)(=O)=O)ccc3[nH]c2=O)CCN1.S. The Balaban J connectivity index is 0.000000199. The van der Waals surface area contributed by atoms with Crippen LogP contribution in [0.1, 0.15) is 82.5 Å². The van der Waals surface area contributed by atoms with E-state index in [1.165, 1.54) is 36.4 Å². The summed E-state index contributed by atoms with van der Waals surface area (Å²) in [5.41, 5.74) is 2.98. The number of benzene rings is 6. The molecule has 398 valence electrons. The van der Waals surface area contributed by atoms with Crippen LogP contribution in [0, 0.1) is 24.4 Å². The van der Waals surface area contributed by atoms with Gasteiger partial charge in [0.1, 0.15) is 17.5 Å². The van der Waals surface area contributed by atoms with Crippen molar-refractivity contribution in [2.75, 3.05) is 26.5 Å². The van der Waals surface area contributed by atoms with Crippen LogP contribution in [0.15, 0.2) is 148 Å². The molecule has 2 aliphatic heterocycles. The number of piperidine rings is 2. The van der Waals surface area contributed by atoms with Gasteiger partial charge in [0.05, 0.1) is 28.7 Å². The Morgan fingerprint density at radius 3 is 2.14 bits per heavy atom. The predicted octanol–water partition coefficient (Wildman–Crippen LogP) is 11.9. The summed E-state index contributed by atoms with van der Waals surface area (Å²) in [5.74, 6) is -2.34. The van der Waals surface area contributed by atoms with Gasteiger partial charge in [-0.15, -0.1) is 0 Å². The summed E-state index contributed by atoms with van der Waals surface area (Å²) in [6.07, 6.45) is 2.87. The number of hydrogen-bond acceptors (Lipinski definition) is 9. The number of aromatic nitrogens is 2. The first-order chi connectivity index (χ1) is 35.7. The molecule has 4 heterocycles. The number of H-pyrrole nitrogens is 1. The van der Waals surface area contributed by atoms with Gasteiger partial charge in [0.15, 0.2) is 9.84 Å². The third-order valence-corrected chi connectivity index (χ3v) is 16.6. The Morgan fingerprint density at radius 1 is 0.763 bits per heavy atom. The molecule has 0 bridgehead atoms. The van der Waals surface area contributed by atoms with Gasteiger partial charge in [-0.2, -0.15) is 13.5 Å². The highest BCUT2D eigenvalue weighted by atomic mass is 79.9. The molecule has 6 atom stereocenters. The largest absolute Gasteiger partial charge is 0.481 e. The Morgan fingerprint density at radius 2 is 1.45 bits per heavy atom. The van der Waals surface area contributed by atoms with Gasteiger partial charge in [-0.25, -0.2) is 26.6 Å². The third-order valence-electron chi connectivity index (χ3n) is 14.5. The van der Waals surface area contributed by atoms with Crippen LogP contribution in [0.3, 0.4) is 0 Å². The van der Waals surface area contributed by atoms with Crippen molar-refractivity contribution >= 4 is 84.3 Å². The number of hydrogen-bond donors (Lipinski definition) is 5. The quantitative estimate of drug-likeness (QED) is 0.0852. The Labute approximate surface area is 464 Å². The molecule has 2 aliphatic rings. The van der Waals surface area contributed by atoms with Crippen LogP contribution in [0.2, 0.25) is 10.0 Å². The molecule has 0 spiro atoms. The van der Waals surface area contributed by atoms with Crippen molar-refractivity contribution in [2.24, 2.45) is 0 Å². The third kappa shape index (κ3) is 12.5. The summed E-state index contributed by atoms with van der Waals surface area (Å²) in [6, 6.07) is 36.2. The van der Waals surface area contributed by atoms with E-state index >= 15 is 0 Å². The van der Waals surface area contributed by atoms with Crippen LogP contribution in [-0.2, 0) is 16.3 Å². The number of rotatable bonds is 11. The fourth-order valence-corrected chi connectivity index (χ4v) is 12.4. The van der Waals surface area contributed by atoms with Crippen molar-refractivity contribution in [2.45, 2.75) is 79.0 Å². The van der Waals surface area contributed by atoms with Gasteiger partial charge in [0.2, 0.25) is 5.88 Å². The molecule has 0 aliphatic carbocycles. The molecule has 2 aromatic heterocycles. The molecule has 10 nitrogen and oxygen atoms in total. The standard InChI is InChI=1S/C29H26BrClF2N2O2.C29H28ClFN2O4S.H2S/c1-37-28-24(14-19-12-20(30)5-9-26(19)35-28)27(17-2-6-21(31)7-3-17)29(36)10-11-34-23(16-29)13-18-4-8-22(32)15-25(18)33;1-17-12-21(31)6-8-23(17)26-16-29(35,10-11-32-26)27(18-4-3-5-20(30)13-18)24-15-19-14-22(38(2,36)37)7-9-25(19)33-28(24)34;/h2-9,12,14-15,23,27,34,36H,10-11,13,16H2,1H3;3-9,12-15,26-27,32,35H,10-11,16H2,1-2H3,(H,33,34);1H2. The van der Waals surface area contributed by atoms with E-state index in [0.29, 0.717) is 82.3 Å². The smallest absolute Gasteiger partial charge is 0.252 e. The average Bonchev–Trinajstić information content (AvgIpc) is 3.38. The Hall–Kier alpha value is -5.27. The van der Waals surface area contributed by atoms with Crippen molar-refractivity contribution in [3.05, 3.63) is 215 Å². The second kappa shape index (κ2) is 23.4. The summed E-state index contributed by atoms with van der Waals surface area (Å²) < 4.78 is 72.7. The molecule has 18 heteroatoms. The second-order valence-electron chi connectivity index (χ2n) is 19.7. The van der Waals surface area contributed by atoms with Crippen molar-refractivity contribution < 1.29 is 36.5 Å². The first-order valence-corrected chi connectivity index (χ1v) is 27.8. The normalized spacial score (nSPS) is 20.5. The van der Waals surface area contributed by atoms with Crippen LogP contribution < -0.4 is 20.9 Å². The molecule has 0 amide bonds. The van der Waals surface area contributed by atoms with Gasteiger partial charge >= 0.3 is 0 Å². The maximum absolute atomic E-state index is 14.4. The van der Waals surface area contributed by atoms with Crippen LogP contribution in [0.25, 0.3) is 21.8 Å². The number of methoxy groups -OCH3 is 1. The van der Waals surface area contributed by atoms with Gasteiger partial charge in [-0.05, 0) is 176 Å². The number of sulfone groups is 1. The summed E-state index contributed by atoms with van der Waals surface area (Å²) in [6.45, 7) is 2.83. The minimum atomic E-state index is -3.47. The molecule has 0 saturated carbocycles. The van der Waals surface area contributed by atoms with Crippen molar-refractivity contribution in [1.82, 2.24) is 20.6 Å². The summed E-state index contributed by atoms with van der Waals surface area (Å²) >= 11 is 16.1. The summed E-state index contributed by atoms with van der Waals surface area (Å²) in [7, 11) is -1.90. The highest BCUT2D eigenvalue weighted by molar-refractivity contribution is 9.10. The molecule has 10 rings (SSSR count). The lowest BCUT2D eigenvalue weighted by atomic mass is 9.70. The molecule has 0 radical (unpaired) electrons. The van der Waals surface area contributed by atoms with E-state index in [1.54, 1.807) is 55.6 Å². The number of pyridine rings is 2. The van der Waals surface area contributed by atoms with E-state index in [9.17, 15) is 36.6 Å². The maximum Gasteiger partial charge on any atom is 0.252 e. The first kappa shape index (κ1) is 56.9. The van der Waals surface area contributed by atoms with E-state index in [-0.39, 0.29) is 48.3 Å². The molecular formula is C58H56BrCl2F3N4O6S2. The minimum absolute atomic E-state index is 0. The molecule has 2 fully saturated rings. The zero-order chi connectivity index (χ0) is 53.4. The number of aliphatic hydroxyl groups is 2. The molecule has 6 aromatic carbocycles. The maximum atomic E-state index is 14.4. The van der Waals surface area contributed by atoms with Crippen LogP contribution in [-0.4, -0.2) is 72.3 Å². The number of halogens is 6. The van der Waals surface area contributed by atoms with Gasteiger partial charge in [-0.1, -0.05) is 75.5 Å². The lowest BCUT2D eigenvalue weighted by Gasteiger charge is -2.43. The Bertz CT molecular complexity index is 3620. The second-order valence-corrected chi connectivity index (χ2v) is 23.5. The summed E-state index contributed by atoms with van der Waals surface area (Å²) in [5, 5.41) is 33.9. The molecule has 6 unspecified atom stereocenters. The number of aromatic amines is 1. The van der Waals surface area contributed by atoms with Crippen molar-refractivity contribution in [1.29, 1.82) is 0 Å². The number of nitrogens with one attached hydrogen (secondary N) is 3. The lowest BCUT2D eigenvalue weighted by Crippen LogP contribution is -2.52. The fourth-order valence-electron chi connectivity index (χ4n) is 11.0.